The van der Waals surface area contributed by atoms with E-state index < -0.39 is 0 Å². The normalized spacial score (nSPS) is 14.1. The summed E-state index contributed by atoms with van der Waals surface area (Å²) >= 11 is 0. The number of imidazole rings is 1. The van der Waals surface area contributed by atoms with Gasteiger partial charge < -0.3 is 9.88 Å². The van der Waals surface area contributed by atoms with Crippen LogP contribution in [-0.2, 0) is 13.0 Å². The number of likely N-dealkylation sites (tertiary alicyclic amines) is 1. The molecule has 0 atom stereocenters. The number of hydrogen-bond acceptors (Lipinski definition) is 5. The fraction of sp³-hybridized carbons (Fsp3) is 0.243. The van der Waals surface area contributed by atoms with Crippen LogP contribution in [-0.4, -0.2) is 50.0 Å². The van der Waals surface area contributed by atoms with Crippen LogP contribution in [0.5, 0.6) is 0 Å². The summed E-state index contributed by atoms with van der Waals surface area (Å²) in [5, 5.41) is 2.90. The highest BCUT2D eigenvalue weighted by Crippen LogP contribution is 2.24. The Balaban J connectivity index is 1.08. The van der Waals surface area contributed by atoms with E-state index in [0.29, 0.717) is 18.5 Å². The van der Waals surface area contributed by atoms with Crippen molar-refractivity contribution in [3.05, 3.63) is 143 Å². The summed E-state index contributed by atoms with van der Waals surface area (Å²) < 4.78 is 2.16. The maximum atomic E-state index is 12.8. The molecule has 6 rings (SSSR count). The van der Waals surface area contributed by atoms with Gasteiger partial charge in [0.2, 0.25) is 0 Å². The number of amides is 1. The minimum atomic E-state index is -0.142. The summed E-state index contributed by atoms with van der Waals surface area (Å²) in [6.45, 7) is 8.04. The minimum absolute atomic E-state index is 0.142. The van der Waals surface area contributed by atoms with Crippen molar-refractivity contribution in [1.29, 1.82) is 0 Å². The van der Waals surface area contributed by atoms with Crippen LogP contribution in [0.4, 0.5) is 0 Å². The number of carbonyl (C=O) groups excluding carboxylic acids is 1. The smallest absolute Gasteiger partial charge is 0.255 e. The molecule has 0 bridgehead atoms. The number of nitrogens with one attached hydrogen (secondary N) is 1. The van der Waals surface area contributed by atoms with E-state index in [1.807, 2.05) is 49.4 Å². The number of pyridine rings is 2. The Morgan fingerprint density at radius 3 is 2.48 bits per heavy atom. The molecule has 7 nitrogen and oxygen atoms in total. The van der Waals surface area contributed by atoms with E-state index in [1.165, 1.54) is 24.0 Å². The average molecular weight is 583 g/mol. The summed E-state index contributed by atoms with van der Waals surface area (Å²) in [4.78, 5) is 29.1. The zero-order chi connectivity index (χ0) is 30.3. The van der Waals surface area contributed by atoms with E-state index in [2.05, 4.69) is 74.1 Å². The number of carbonyl (C=O) groups is 1. The van der Waals surface area contributed by atoms with Crippen molar-refractivity contribution >= 4 is 22.5 Å². The summed E-state index contributed by atoms with van der Waals surface area (Å²) in [7, 11) is 0. The number of nitrogens with zero attached hydrogens (tertiary/aromatic N) is 5. The van der Waals surface area contributed by atoms with Gasteiger partial charge in [0, 0.05) is 48.7 Å². The van der Waals surface area contributed by atoms with Crippen LogP contribution in [0, 0.1) is 13.8 Å². The summed E-state index contributed by atoms with van der Waals surface area (Å²) in [5.41, 5.74) is 9.15. The summed E-state index contributed by atoms with van der Waals surface area (Å²) in [6, 6.07) is 24.5. The summed E-state index contributed by atoms with van der Waals surface area (Å²) in [5.74, 6) is 0.792. The van der Waals surface area contributed by atoms with Gasteiger partial charge >= 0.3 is 0 Å². The molecule has 44 heavy (non-hydrogen) atoms. The third-order valence-electron chi connectivity index (χ3n) is 8.16. The number of allylic oxidation sites excluding steroid dienone is 1. The molecule has 0 saturated carbocycles. The van der Waals surface area contributed by atoms with Crippen LogP contribution >= 0.6 is 0 Å². The molecule has 1 amide bonds. The molecule has 1 N–H and O–H groups in total. The molecule has 0 spiro atoms. The van der Waals surface area contributed by atoms with Crippen molar-refractivity contribution in [2.75, 3.05) is 19.6 Å². The lowest BCUT2D eigenvalue weighted by Gasteiger charge is -2.14. The van der Waals surface area contributed by atoms with Crippen LogP contribution in [0.15, 0.2) is 104 Å². The largest absolute Gasteiger partial charge is 0.329 e. The number of aromatic nitrogens is 4. The lowest BCUT2D eigenvalue weighted by atomic mass is 10.00. The maximum Gasteiger partial charge on any atom is 0.255 e. The number of benzene rings is 2. The molecule has 222 valence electrons. The quantitative estimate of drug-likeness (QED) is 0.203. The van der Waals surface area contributed by atoms with Crippen molar-refractivity contribution in [3.63, 3.8) is 0 Å². The van der Waals surface area contributed by atoms with Gasteiger partial charge in [0.15, 0.2) is 0 Å². The first-order valence-electron chi connectivity index (χ1n) is 15.3. The molecule has 0 unspecified atom stereocenters. The van der Waals surface area contributed by atoms with Gasteiger partial charge in [0.1, 0.15) is 11.3 Å². The molecular formula is C37H38N6O. The maximum absolute atomic E-state index is 12.8. The monoisotopic (exact) mass is 582 g/mol. The van der Waals surface area contributed by atoms with Crippen molar-refractivity contribution in [1.82, 2.24) is 29.7 Å². The fourth-order valence-electron chi connectivity index (χ4n) is 5.68. The van der Waals surface area contributed by atoms with Gasteiger partial charge in [-0.1, -0.05) is 60.2 Å². The van der Waals surface area contributed by atoms with Crippen molar-refractivity contribution in [2.24, 2.45) is 0 Å². The topological polar surface area (TPSA) is 75.9 Å². The zero-order valence-corrected chi connectivity index (χ0v) is 25.4. The Bertz CT molecular complexity index is 1790. The van der Waals surface area contributed by atoms with E-state index in [-0.39, 0.29) is 5.91 Å². The Morgan fingerprint density at radius 1 is 0.909 bits per heavy atom. The van der Waals surface area contributed by atoms with Gasteiger partial charge in [0.25, 0.3) is 5.91 Å². The first-order chi connectivity index (χ1) is 21.5. The van der Waals surface area contributed by atoms with Gasteiger partial charge in [0.05, 0.1) is 17.4 Å². The van der Waals surface area contributed by atoms with Gasteiger partial charge in [-0.25, -0.2) is 4.98 Å². The van der Waals surface area contributed by atoms with Crippen molar-refractivity contribution in [3.8, 4) is 0 Å². The van der Waals surface area contributed by atoms with Gasteiger partial charge in [-0.3, -0.25) is 19.7 Å². The second kappa shape index (κ2) is 13.6. The Kier molecular flexibility index (Phi) is 9.03. The minimum Gasteiger partial charge on any atom is -0.329 e. The first-order valence-corrected chi connectivity index (χ1v) is 15.3. The number of fused-ring (bicyclic) bond motifs is 1. The fourth-order valence-corrected chi connectivity index (χ4v) is 5.68. The third kappa shape index (κ3) is 7.01. The van der Waals surface area contributed by atoms with Crippen LogP contribution in [0.2, 0.25) is 0 Å². The number of rotatable bonds is 10. The predicted molar refractivity (Wildman–Crippen MR) is 176 cm³/mol. The molecule has 1 aliphatic rings. The second-order valence-corrected chi connectivity index (χ2v) is 11.4. The lowest BCUT2D eigenvalue weighted by Crippen LogP contribution is -2.19. The van der Waals surface area contributed by atoms with Crippen molar-refractivity contribution < 1.29 is 4.79 Å². The highest BCUT2D eigenvalue weighted by Gasteiger charge is 2.13. The Labute approximate surface area is 259 Å². The molecule has 5 aromatic rings. The summed E-state index contributed by atoms with van der Waals surface area (Å²) in [6.07, 6.45) is 12.7. The number of hydrogen-bond donors (Lipinski definition) is 1. The average Bonchev–Trinajstić information content (AvgIpc) is 3.68. The Hall–Kier alpha value is -4.88. The lowest BCUT2D eigenvalue weighted by molar-refractivity contribution is 0.0970. The van der Waals surface area contributed by atoms with Crippen LogP contribution < -0.4 is 5.32 Å². The standard InChI is InChI=1S/C37H38N6O/c1-27-10-14-30(15-11-27)33(19-24-42-22-3-4-23-42)34-9-5-7-32(41-34)8-6-20-39-37(44)31-16-12-29(13-17-31)26-43-28(2)40-35-25-38-21-18-36(35)43/h5-7,9-21,25H,3-4,8,22-24,26H2,1-2H3,(H,39,44). The SMILES string of the molecule is Cc1ccc(C(=CCN2CCCC2)c2cccc(CC=CNC(=O)c3ccc(Cn4c(C)nc5cnccc54)cc3)n2)cc1. The van der Waals surface area contributed by atoms with Crippen LogP contribution in [0.1, 0.15) is 57.1 Å². The van der Waals surface area contributed by atoms with Gasteiger partial charge in [-0.15, -0.1) is 0 Å². The highest BCUT2D eigenvalue weighted by atomic mass is 16.1. The second-order valence-electron chi connectivity index (χ2n) is 11.4. The molecular weight excluding hydrogens is 544 g/mol. The van der Waals surface area contributed by atoms with Gasteiger partial charge in [-0.05, 0) is 81.2 Å². The first kappa shape index (κ1) is 29.2. The van der Waals surface area contributed by atoms with Crippen LogP contribution in [0.3, 0.4) is 0 Å². The van der Waals surface area contributed by atoms with E-state index in [4.69, 9.17) is 4.98 Å². The molecule has 0 aliphatic carbocycles. The van der Waals surface area contributed by atoms with E-state index in [9.17, 15) is 4.79 Å². The van der Waals surface area contributed by atoms with E-state index in [1.54, 1.807) is 18.6 Å². The Morgan fingerprint density at radius 2 is 1.68 bits per heavy atom. The molecule has 1 saturated heterocycles. The molecule has 2 aromatic carbocycles. The third-order valence-corrected chi connectivity index (χ3v) is 8.16. The highest BCUT2D eigenvalue weighted by molar-refractivity contribution is 5.94. The predicted octanol–water partition coefficient (Wildman–Crippen LogP) is 6.51. The molecule has 1 aliphatic heterocycles. The van der Waals surface area contributed by atoms with Crippen molar-refractivity contribution in [2.45, 2.75) is 39.7 Å². The molecule has 7 heteroatoms. The molecule has 0 radical (unpaired) electrons. The van der Waals surface area contributed by atoms with Crippen LogP contribution in [0.25, 0.3) is 16.6 Å². The molecule has 3 aromatic heterocycles. The molecule has 4 heterocycles. The number of aryl methyl sites for hydroxylation is 2. The zero-order valence-electron chi connectivity index (χ0n) is 25.4. The van der Waals surface area contributed by atoms with Gasteiger partial charge in [-0.2, -0.15) is 0 Å². The molecule has 1 fully saturated rings. The van der Waals surface area contributed by atoms with E-state index >= 15 is 0 Å². The van der Waals surface area contributed by atoms with E-state index in [0.717, 1.165) is 59.0 Å².